The molecule has 4 nitrogen and oxygen atoms in total. The normalized spacial score (nSPS) is 25.0. The zero-order chi connectivity index (χ0) is 16.5. The van der Waals surface area contributed by atoms with E-state index in [0.29, 0.717) is 22.8 Å². The van der Waals surface area contributed by atoms with Crippen LogP contribution in [-0.4, -0.2) is 29.0 Å². The van der Waals surface area contributed by atoms with E-state index in [-0.39, 0.29) is 11.9 Å². The third kappa shape index (κ3) is 3.43. The maximum absolute atomic E-state index is 12.4. The third-order valence-electron chi connectivity index (χ3n) is 4.67. The number of nitrogens with one attached hydrogen (secondary N) is 2. The second-order valence-corrected chi connectivity index (χ2v) is 7.84. The summed E-state index contributed by atoms with van der Waals surface area (Å²) < 4.78 is 0. The third-order valence-corrected chi connectivity index (χ3v) is 5.88. The first-order valence-corrected chi connectivity index (χ1v) is 9.33. The molecular formula is C18H18ClN3OS. The quantitative estimate of drug-likeness (QED) is 0.820. The molecule has 0 saturated carbocycles. The van der Waals surface area contributed by atoms with Gasteiger partial charge < -0.3 is 10.6 Å². The van der Waals surface area contributed by atoms with E-state index < -0.39 is 0 Å². The topological polar surface area (TPSA) is 54.0 Å². The van der Waals surface area contributed by atoms with Crippen LogP contribution in [0.5, 0.6) is 0 Å². The van der Waals surface area contributed by atoms with Gasteiger partial charge in [0.05, 0.1) is 0 Å². The van der Waals surface area contributed by atoms with E-state index in [9.17, 15) is 4.79 Å². The van der Waals surface area contributed by atoms with Crippen LogP contribution in [0.3, 0.4) is 0 Å². The number of carbonyl (C=O) groups is 1. The van der Waals surface area contributed by atoms with Crippen molar-refractivity contribution in [2.45, 2.75) is 47.2 Å². The molecule has 3 atom stereocenters. The van der Waals surface area contributed by atoms with Gasteiger partial charge in [0.25, 0.3) is 5.91 Å². The van der Waals surface area contributed by atoms with Crippen LogP contribution in [-0.2, 0) is 0 Å². The molecule has 2 fully saturated rings. The molecule has 0 spiro atoms. The fraction of sp³-hybridized carbons (Fsp3) is 0.333. The number of nitrogens with zero attached hydrogens (tertiary/aromatic N) is 1. The van der Waals surface area contributed by atoms with Crippen LogP contribution in [0.4, 0.5) is 0 Å². The Morgan fingerprint density at radius 1 is 1.17 bits per heavy atom. The summed E-state index contributed by atoms with van der Waals surface area (Å²) in [5.74, 6) is 0.0130. The van der Waals surface area contributed by atoms with E-state index in [1.54, 1.807) is 24.0 Å². The molecule has 2 saturated heterocycles. The fourth-order valence-corrected chi connectivity index (χ4v) is 4.37. The van der Waals surface area contributed by atoms with Gasteiger partial charge in [0.1, 0.15) is 5.15 Å². The number of hydrogen-bond acceptors (Lipinski definition) is 4. The van der Waals surface area contributed by atoms with Gasteiger partial charge >= 0.3 is 0 Å². The predicted molar refractivity (Wildman–Crippen MR) is 95.6 cm³/mol. The van der Waals surface area contributed by atoms with E-state index in [0.717, 1.165) is 16.2 Å². The molecule has 6 heteroatoms. The standard InChI is InChI=1S/C18H18ClN3OS/c19-17-8-6-14(10-20-17)24-13-4-1-11(2-5-13)18(23)22-16-9-12-3-7-15(16)21-12/h1-2,4-6,8,10,12,15-16,21H,3,7,9H2,(H,22,23)/t12-,15+,16-/m1/s1. The van der Waals surface area contributed by atoms with Crippen molar-refractivity contribution in [3.05, 3.63) is 53.3 Å². The Morgan fingerprint density at radius 2 is 1.96 bits per heavy atom. The lowest BCUT2D eigenvalue weighted by Crippen LogP contribution is -2.42. The van der Waals surface area contributed by atoms with E-state index in [1.807, 2.05) is 30.3 Å². The maximum Gasteiger partial charge on any atom is 0.251 e. The minimum Gasteiger partial charge on any atom is -0.348 e. The minimum absolute atomic E-state index is 0.0130. The molecule has 2 bridgehead atoms. The molecule has 2 aliphatic heterocycles. The van der Waals surface area contributed by atoms with Crippen molar-refractivity contribution >= 4 is 29.3 Å². The smallest absolute Gasteiger partial charge is 0.251 e. The number of hydrogen-bond donors (Lipinski definition) is 2. The van der Waals surface area contributed by atoms with Gasteiger partial charge in [-0.25, -0.2) is 4.98 Å². The summed E-state index contributed by atoms with van der Waals surface area (Å²) in [7, 11) is 0. The van der Waals surface area contributed by atoms with Crippen molar-refractivity contribution in [1.29, 1.82) is 0 Å². The first kappa shape index (κ1) is 15.9. The molecule has 4 rings (SSSR count). The molecule has 0 radical (unpaired) electrons. The summed E-state index contributed by atoms with van der Waals surface area (Å²) in [5.41, 5.74) is 0.705. The molecule has 0 unspecified atom stereocenters. The monoisotopic (exact) mass is 359 g/mol. The molecule has 0 aliphatic carbocycles. The number of benzene rings is 1. The maximum atomic E-state index is 12.4. The number of carbonyl (C=O) groups excluding carboxylic acids is 1. The molecule has 2 aromatic rings. The molecule has 24 heavy (non-hydrogen) atoms. The Kier molecular flexibility index (Phi) is 4.48. The molecule has 1 aromatic heterocycles. The fourth-order valence-electron chi connectivity index (χ4n) is 3.47. The SMILES string of the molecule is O=C(N[C@@H]1C[C@H]2CC[C@@H]1N2)c1ccc(Sc2ccc(Cl)nc2)cc1. The predicted octanol–water partition coefficient (Wildman–Crippen LogP) is 3.51. The molecule has 3 heterocycles. The number of rotatable bonds is 4. The average Bonchev–Trinajstić information content (AvgIpc) is 3.20. The Morgan fingerprint density at radius 3 is 2.58 bits per heavy atom. The highest BCUT2D eigenvalue weighted by atomic mass is 35.5. The first-order valence-electron chi connectivity index (χ1n) is 8.14. The van der Waals surface area contributed by atoms with Crippen LogP contribution in [0.25, 0.3) is 0 Å². The summed E-state index contributed by atoms with van der Waals surface area (Å²) in [4.78, 5) is 18.6. The van der Waals surface area contributed by atoms with Crippen LogP contribution < -0.4 is 10.6 Å². The number of halogens is 1. The van der Waals surface area contributed by atoms with Crippen LogP contribution in [0, 0.1) is 0 Å². The second kappa shape index (κ2) is 6.75. The molecule has 2 N–H and O–H groups in total. The van der Waals surface area contributed by atoms with E-state index in [1.165, 1.54) is 12.8 Å². The van der Waals surface area contributed by atoms with Crippen molar-refractivity contribution in [2.75, 3.05) is 0 Å². The Balaban J connectivity index is 1.38. The van der Waals surface area contributed by atoms with Crippen molar-refractivity contribution < 1.29 is 4.79 Å². The largest absolute Gasteiger partial charge is 0.348 e. The summed E-state index contributed by atoms with van der Waals surface area (Å²) >= 11 is 7.39. The number of aromatic nitrogens is 1. The van der Waals surface area contributed by atoms with Crippen LogP contribution in [0.1, 0.15) is 29.6 Å². The highest BCUT2D eigenvalue weighted by molar-refractivity contribution is 7.99. The lowest BCUT2D eigenvalue weighted by atomic mass is 9.95. The molecule has 124 valence electrons. The summed E-state index contributed by atoms with van der Waals surface area (Å²) in [6.45, 7) is 0. The van der Waals surface area contributed by atoms with Crippen LogP contribution in [0.2, 0.25) is 5.15 Å². The molecular weight excluding hydrogens is 342 g/mol. The average molecular weight is 360 g/mol. The van der Waals surface area contributed by atoms with Gasteiger partial charge in [-0.3, -0.25) is 4.79 Å². The van der Waals surface area contributed by atoms with Crippen molar-refractivity contribution in [3.8, 4) is 0 Å². The zero-order valence-corrected chi connectivity index (χ0v) is 14.6. The van der Waals surface area contributed by atoms with Crippen molar-refractivity contribution in [1.82, 2.24) is 15.6 Å². The first-order chi connectivity index (χ1) is 11.7. The van der Waals surface area contributed by atoms with Gasteiger partial charge in [-0.2, -0.15) is 0 Å². The van der Waals surface area contributed by atoms with E-state index >= 15 is 0 Å². The molecule has 2 aliphatic rings. The van der Waals surface area contributed by atoms with Gasteiger partial charge in [0.15, 0.2) is 0 Å². The van der Waals surface area contributed by atoms with Crippen molar-refractivity contribution in [2.24, 2.45) is 0 Å². The zero-order valence-electron chi connectivity index (χ0n) is 13.0. The van der Waals surface area contributed by atoms with Gasteiger partial charge in [0, 0.05) is 39.7 Å². The summed E-state index contributed by atoms with van der Waals surface area (Å²) in [6, 6.07) is 12.7. The van der Waals surface area contributed by atoms with Gasteiger partial charge in [-0.05, 0) is 55.7 Å². The second-order valence-electron chi connectivity index (χ2n) is 6.31. The van der Waals surface area contributed by atoms with Crippen LogP contribution >= 0.6 is 23.4 Å². The molecule has 1 aromatic carbocycles. The van der Waals surface area contributed by atoms with Crippen LogP contribution in [0.15, 0.2) is 52.4 Å². The van der Waals surface area contributed by atoms with Gasteiger partial charge in [-0.1, -0.05) is 23.4 Å². The van der Waals surface area contributed by atoms with E-state index in [4.69, 9.17) is 11.6 Å². The Bertz CT molecular complexity index is 735. The number of pyridine rings is 1. The lowest BCUT2D eigenvalue weighted by Gasteiger charge is -2.21. The lowest BCUT2D eigenvalue weighted by molar-refractivity contribution is 0.0931. The highest BCUT2D eigenvalue weighted by Crippen LogP contribution is 2.29. The van der Waals surface area contributed by atoms with Crippen molar-refractivity contribution in [3.63, 3.8) is 0 Å². The Labute approximate surface area is 150 Å². The Hall–Kier alpha value is -1.56. The number of amides is 1. The summed E-state index contributed by atoms with van der Waals surface area (Å²) in [6.07, 6.45) is 5.20. The van der Waals surface area contributed by atoms with Gasteiger partial charge in [-0.15, -0.1) is 0 Å². The van der Waals surface area contributed by atoms with E-state index in [2.05, 4.69) is 15.6 Å². The molecule has 1 amide bonds. The highest BCUT2D eigenvalue weighted by Gasteiger charge is 2.39. The minimum atomic E-state index is 0.0130. The van der Waals surface area contributed by atoms with Gasteiger partial charge in [0.2, 0.25) is 0 Å². The summed E-state index contributed by atoms with van der Waals surface area (Å²) in [5, 5.41) is 7.20. The number of fused-ring (bicyclic) bond motifs is 2.